The van der Waals surface area contributed by atoms with E-state index in [9.17, 15) is 0 Å². The fourth-order valence-electron chi connectivity index (χ4n) is 1.07. The zero-order valence-electron chi connectivity index (χ0n) is 5.44. The third-order valence-electron chi connectivity index (χ3n) is 1.80. The minimum absolute atomic E-state index is 0.767. The molecule has 9 heavy (non-hydrogen) atoms. The summed E-state index contributed by atoms with van der Waals surface area (Å²) in [5, 5.41) is 0. The van der Waals surface area contributed by atoms with Gasteiger partial charge in [-0.2, -0.15) is 0 Å². The molecule has 0 fully saturated rings. The van der Waals surface area contributed by atoms with E-state index in [1.807, 2.05) is 0 Å². The smallest absolute Gasteiger partial charge is 0.00458 e. The number of hydrogen-bond donors (Lipinski definition) is 1. The van der Waals surface area contributed by atoms with E-state index in [-0.39, 0.29) is 0 Å². The Morgan fingerprint density at radius 3 is 3.00 bits per heavy atom. The second-order valence-electron chi connectivity index (χ2n) is 2.53. The van der Waals surface area contributed by atoms with E-state index in [2.05, 4.69) is 28.7 Å². The minimum Gasteiger partial charge on any atom is -0.330 e. The third kappa shape index (κ3) is 2.26. The van der Waals surface area contributed by atoms with E-state index < -0.39 is 0 Å². The lowest BCUT2D eigenvalue weighted by Crippen LogP contribution is -2.15. The van der Waals surface area contributed by atoms with E-state index in [1.54, 1.807) is 0 Å². The Morgan fingerprint density at radius 2 is 2.56 bits per heavy atom. The van der Waals surface area contributed by atoms with E-state index in [4.69, 9.17) is 5.73 Å². The average Bonchev–Trinajstić information content (AvgIpc) is 1.90. The number of allylic oxidation sites excluding steroid dienone is 2. The zero-order chi connectivity index (χ0) is 6.69. The maximum atomic E-state index is 5.52. The molecule has 0 aromatic heterocycles. The first kappa shape index (κ1) is 7.54. The molecule has 1 atom stereocenters. The molecular formula is C7H12IN. The standard InChI is InChI=1S/C7H12IN/c8-7-3-1-6(5-9)2-4-7/h3,6H,1-2,4-5,9H2. The Balaban J connectivity index is 2.36. The second kappa shape index (κ2) is 3.56. The minimum atomic E-state index is 0.767. The first-order valence-electron chi connectivity index (χ1n) is 3.37. The van der Waals surface area contributed by atoms with Crippen molar-refractivity contribution in [3.05, 3.63) is 9.66 Å². The largest absolute Gasteiger partial charge is 0.330 e. The van der Waals surface area contributed by atoms with Gasteiger partial charge >= 0.3 is 0 Å². The second-order valence-corrected chi connectivity index (χ2v) is 3.91. The van der Waals surface area contributed by atoms with Gasteiger partial charge in [-0.25, -0.2) is 0 Å². The van der Waals surface area contributed by atoms with Gasteiger partial charge in [0.2, 0.25) is 0 Å². The summed E-state index contributed by atoms with van der Waals surface area (Å²) in [5.74, 6) is 0.767. The third-order valence-corrected chi connectivity index (χ3v) is 2.78. The van der Waals surface area contributed by atoms with Crippen LogP contribution in [0.1, 0.15) is 19.3 Å². The summed E-state index contributed by atoms with van der Waals surface area (Å²) >= 11 is 2.40. The molecule has 52 valence electrons. The topological polar surface area (TPSA) is 26.0 Å². The first-order chi connectivity index (χ1) is 4.33. The lowest BCUT2D eigenvalue weighted by Gasteiger charge is -2.16. The van der Waals surface area contributed by atoms with Crippen molar-refractivity contribution in [1.82, 2.24) is 0 Å². The van der Waals surface area contributed by atoms with Crippen molar-refractivity contribution in [1.29, 1.82) is 0 Å². The molecule has 1 aliphatic rings. The van der Waals surface area contributed by atoms with Crippen LogP contribution in [0.2, 0.25) is 0 Å². The van der Waals surface area contributed by atoms with Gasteiger partial charge in [0.25, 0.3) is 0 Å². The fourth-order valence-corrected chi connectivity index (χ4v) is 1.64. The Morgan fingerprint density at radius 1 is 1.78 bits per heavy atom. The summed E-state index contributed by atoms with van der Waals surface area (Å²) in [6.07, 6.45) is 6.06. The Kier molecular flexibility index (Phi) is 2.98. The summed E-state index contributed by atoms with van der Waals surface area (Å²) in [6, 6.07) is 0. The van der Waals surface area contributed by atoms with Crippen molar-refractivity contribution in [2.24, 2.45) is 11.7 Å². The highest BCUT2D eigenvalue weighted by Crippen LogP contribution is 2.26. The highest BCUT2D eigenvalue weighted by atomic mass is 127. The number of rotatable bonds is 1. The molecule has 1 unspecified atom stereocenters. The molecule has 0 bridgehead atoms. The Labute approximate surface area is 69.8 Å². The van der Waals surface area contributed by atoms with Crippen molar-refractivity contribution >= 4 is 22.6 Å². The van der Waals surface area contributed by atoms with Crippen LogP contribution in [0.3, 0.4) is 0 Å². The van der Waals surface area contributed by atoms with Crippen LogP contribution in [-0.2, 0) is 0 Å². The van der Waals surface area contributed by atoms with Gasteiger partial charge in [-0.1, -0.05) is 6.08 Å². The summed E-state index contributed by atoms with van der Waals surface area (Å²) in [7, 11) is 0. The van der Waals surface area contributed by atoms with Crippen molar-refractivity contribution in [2.75, 3.05) is 6.54 Å². The van der Waals surface area contributed by atoms with Gasteiger partial charge in [-0.3, -0.25) is 0 Å². The monoisotopic (exact) mass is 237 g/mol. The van der Waals surface area contributed by atoms with Crippen molar-refractivity contribution in [3.8, 4) is 0 Å². The van der Waals surface area contributed by atoms with Gasteiger partial charge in [0.15, 0.2) is 0 Å². The molecule has 2 N–H and O–H groups in total. The van der Waals surface area contributed by atoms with Gasteiger partial charge in [-0.15, -0.1) is 0 Å². The van der Waals surface area contributed by atoms with E-state index >= 15 is 0 Å². The predicted octanol–water partition coefficient (Wildman–Crippen LogP) is 2.06. The van der Waals surface area contributed by atoms with Crippen molar-refractivity contribution < 1.29 is 0 Å². The molecule has 0 aromatic rings. The van der Waals surface area contributed by atoms with Crippen LogP contribution in [0, 0.1) is 5.92 Å². The Hall–Kier alpha value is 0.430. The Bertz CT molecular complexity index is 120. The van der Waals surface area contributed by atoms with Crippen LogP contribution < -0.4 is 5.73 Å². The summed E-state index contributed by atoms with van der Waals surface area (Å²) in [6.45, 7) is 0.862. The highest BCUT2D eigenvalue weighted by Gasteiger charge is 2.10. The van der Waals surface area contributed by atoms with Gasteiger partial charge < -0.3 is 5.73 Å². The lowest BCUT2D eigenvalue weighted by molar-refractivity contribution is 0.490. The molecule has 0 saturated heterocycles. The van der Waals surface area contributed by atoms with Crippen LogP contribution in [0.15, 0.2) is 9.66 Å². The van der Waals surface area contributed by atoms with Crippen LogP contribution in [0.5, 0.6) is 0 Å². The molecule has 1 rings (SSSR count). The summed E-state index contributed by atoms with van der Waals surface area (Å²) in [5.41, 5.74) is 5.52. The van der Waals surface area contributed by atoms with E-state index in [0.717, 1.165) is 12.5 Å². The zero-order valence-corrected chi connectivity index (χ0v) is 7.60. The quantitative estimate of drug-likeness (QED) is 0.694. The summed E-state index contributed by atoms with van der Waals surface area (Å²) in [4.78, 5) is 0. The van der Waals surface area contributed by atoms with Crippen molar-refractivity contribution in [2.45, 2.75) is 19.3 Å². The summed E-state index contributed by atoms with van der Waals surface area (Å²) < 4.78 is 1.51. The van der Waals surface area contributed by atoms with Crippen LogP contribution in [-0.4, -0.2) is 6.54 Å². The molecule has 1 aliphatic carbocycles. The van der Waals surface area contributed by atoms with Gasteiger partial charge in [-0.05, 0) is 57.9 Å². The van der Waals surface area contributed by atoms with Gasteiger partial charge in [0.05, 0.1) is 0 Å². The number of hydrogen-bond acceptors (Lipinski definition) is 1. The first-order valence-corrected chi connectivity index (χ1v) is 4.45. The maximum Gasteiger partial charge on any atom is -0.00458 e. The molecule has 0 spiro atoms. The molecular weight excluding hydrogens is 225 g/mol. The van der Waals surface area contributed by atoms with Crippen LogP contribution in [0.4, 0.5) is 0 Å². The SMILES string of the molecule is NCC1CC=C(I)CC1. The van der Waals surface area contributed by atoms with Crippen LogP contribution >= 0.6 is 22.6 Å². The molecule has 0 aliphatic heterocycles. The number of nitrogens with two attached hydrogens (primary N) is 1. The van der Waals surface area contributed by atoms with Crippen LogP contribution in [0.25, 0.3) is 0 Å². The predicted molar refractivity (Wildman–Crippen MR) is 48.5 cm³/mol. The molecule has 0 aromatic carbocycles. The average molecular weight is 237 g/mol. The number of halogens is 1. The van der Waals surface area contributed by atoms with Gasteiger partial charge in [0, 0.05) is 0 Å². The normalized spacial score (nSPS) is 27.8. The molecule has 2 heteroatoms. The van der Waals surface area contributed by atoms with E-state index in [1.165, 1.54) is 22.8 Å². The molecule has 0 amide bonds. The van der Waals surface area contributed by atoms with Gasteiger partial charge in [0.1, 0.15) is 0 Å². The molecule has 1 nitrogen and oxygen atoms in total. The van der Waals surface area contributed by atoms with E-state index in [0.29, 0.717) is 0 Å². The fraction of sp³-hybridized carbons (Fsp3) is 0.714. The molecule has 0 heterocycles. The highest BCUT2D eigenvalue weighted by molar-refractivity contribution is 14.1. The molecule has 0 radical (unpaired) electrons. The lowest BCUT2D eigenvalue weighted by atomic mass is 9.95. The maximum absolute atomic E-state index is 5.52. The molecule has 0 saturated carbocycles. The van der Waals surface area contributed by atoms with Crippen molar-refractivity contribution in [3.63, 3.8) is 0 Å².